The third kappa shape index (κ3) is 5.09. The Balaban J connectivity index is 1.71. The Morgan fingerprint density at radius 1 is 1.06 bits per heavy atom. The van der Waals surface area contributed by atoms with E-state index in [0.29, 0.717) is 11.0 Å². The highest BCUT2D eigenvalue weighted by Crippen LogP contribution is 2.36. The van der Waals surface area contributed by atoms with Crippen LogP contribution in [0.1, 0.15) is 21.5 Å². The van der Waals surface area contributed by atoms with Crippen LogP contribution in [0.5, 0.6) is 11.5 Å². The van der Waals surface area contributed by atoms with Crippen molar-refractivity contribution in [2.45, 2.75) is 12.8 Å². The molecule has 0 unspecified atom stereocenters. The number of para-hydroxylation sites is 1. The number of nitrogens with one attached hydrogen (secondary N) is 1. The molecule has 170 valence electrons. The van der Waals surface area contributed by atoms with Gasteiger partial charge < -0.3 is 14.5 Å². The molecular formula is C23H15ClF4N2O3. The number of carbonyl (C=O) groups is 1. The van der Waals surface area contributed by atoms with Crippen LogP contribution in [0.3, 0.4) is 0 Å². The van der Waals surface area contributed by atoms with Crippen molar-refractivity contribution >= 4 is 28.4 Å². The lowest BCUT2D eigenvalue weighted by molar-refractivity contribution is -0.153. The van der Waals surface area contributed by atoms with E-state index in [9.17, 15) is 22.4 Å². The quantitative estimate of drug-likeness (QED) is 0.257. The van der Waals surface area contributed by atoms with Crippen LogP contribution >= 0.6 is 11.6 Å². The molecule has 0 radical (unpaired) electrons. The molecule has 4 rings (SSSR count). The van der Waals surface area contributed by atoms with Gasteiger partial charge in [-0.25, -0.2) is 9.37 Å². The lowest BCUT2D eigenvalue weighted by atomic mass is 10.0. The molecule has 4 aromatic rings. The van der Waals surface area contributed by atoms with Gasteiger partial charge in [-0.3, -0.25) is 4.79 Å². The molecule has 0 saturated carbocycles. The Morgan fingerprint density at radius 2 is 1.88 bits per heavy atom. The molecule has 10 heteroatoms. The number of carbonyl (C=O) groups excluding carboxylic acids is 1. The number of benzene rings is 2. The number of ketones is 1. The highest BCUT2D eigenvalue weighted by Gasteiger charge is 2.31. The first kappa shape index (κ1) is 22.6. The predicted molar refractivity (Wildman–Crippen MR) is 113 cm³/mol. The van der Waals surface area contributed by atoms with E-state index in [1.54, 1.807) is 12.1 Å². The Bertz CT molecular complexity index is 1320. The van der Waals surface area contributed by atoms with Crippen molar-refractivity contribution in [2.24, 2.45) is 0 Å². The molecular weight excluding hydrogens is 464 g/mol. The second-order valence-electron chi connectivity index (χ2n) is 6.99. The summed E-state index contributed by atoms with van der Waals surface area (Å²) in [5.74, 6) is -1.77. The van der Waals surface area contributed by atoms with Gasteiger partial charge >= 0.3 is 6.18 Å². The van der Waals surface area contributed by atoms with Crippen LogP contribution in [0.15, 0.2) is 60.9 Å². The molecule has 0 aliphatic heterocycles. The lowest BCUT2D eigenvalue weighted by Crippen LogP contribution is -2.20. The summed E-state index contributed by atoms with van der Waals surface area (Å²) >= 11 is 5.74. The second-order valence-corrected chi connectivity index (χ2v) is 7.43. The molecule has 0 saturated heterocycles. The normalized spacial score (nSPS) is 11.5. The van der Waals surface area contributed by atoms with Crippen molar-refractivity contribution < 1.29 is 31.8 Å². The van der Waals surface area contributed by atoms with Gasteiger partial charge in [0.2, 0.25) is 0 Å². The molecule has 0 aliphatic rings. The van der Waals surface area contributed by atoms with Gasteiger partial charge in [-0.2, -0.15) is 13.2 Å². The maximum Gasteiger partial charge on any atom is 0.422 e. The van der Waals surface area contributed by atoms with Crippen LogP contribution in [0.25, 0.3) is 11.0 Å². The lowest BCUT2D eigenvalue weighted by Gasteiger charge is -2.17. The number of hydrogen-bond acceptors (Lipinski definition) is 4. The minimum Gasteiger partial charge on any atom is -0.485 e. The van der Waals surface area contributed by atoms with E-state index in [4.69, 9.17) is 21.1 Å². The predicted octanol–water partition coefficient (Wildman–Crippen LogP) is 6.11. The number of aromatic nitrogens is 2. The van der Waals surface area contributed by atoms with Crippen molar-refractivity contribution in [3.8, 4) is 11.5 Å². The molecule has 0 amide bonds. The first-order chi connectivity index (χ1) is 15.7. The van der Waals surface area contributed by atoms with E-state index in [1.807, 2.05) is 0 Å². The first-order valence-corrected chi connectivity index (χ1v) is 9.97. The SMILES string of the molecule is O=C(c1cccc(OCc2ccc(Cl)cc2F)c1OCC(F)(F)F)c1c[nH]c2ncccc12. The summed E-state index contributed by atoms with van der Waals surface area (Å²) in [7, 11) is 0. The molecule has 2 aromatic heterocycles. The second kappa shape index (κ2) is 9.11. The van der Waals surface area contributed by atoms with Gasteiger partial charge in [0.1, 0.15) is 18.1 Å². The highest BCUT2D eigenvalue weighted by molar-refractivity contribution is 6.30. The highest BCUT2D eigenvalue weighted by atomic mass is 35.5. The average Bonchev–Trinajstić information content (AvgIpc) is 3.20. The number of alkyl halides is 3. The van der Waals surface area contributed by atoms with Crippen LogP contribution in [-0.4, -0.2) is 28.5 Å². The fourth-order valence-electron chi connectivity index (χ4n) is 3.19. The van der Waals surface area contributed by atoms with Crippen LogP contribution in [-0.2, 0) is 6.61 Å². The molecule has 1 N–H and O–H groups in total. The Morgan fingerprint density at radius 3 is 2.64 bits per heavy atom. The van der Waals surface area contributed by atoms with Gasteiger partial charge in [-0.05, 0) is 36.4 Å². The summed E-state index contributed by atoms with van der Waals surface area (Å²) in [6.45, 7) is -1.96. The third-order valence-corrected chi connectivity index (χ3v) is 4.93. The number of H-pyrrole nitrogens is 1. The molecule has 0 bridgehead atoms. The van der Waals surface area contributed by atoms with Crippen LogP contribution < -0.4 is 9.47 Å². The molecule has 0 atom stereocenters. The van der Waals surface area contributed by atoms with Crippen LogP contribution in [0.4, 0.5) is 17.6 Å². The van der Waals surface area contributed by atoms with Gasteiger partial charge in [-0.1, -0.05) is 23.7 Å². The van der Waals surface area contributed by atoms with Crippen LogP contribution in [0, 0.1) is 5.82 Å². The number of nitrogens with zero attached hydrogens (tertiary/aromatic N) is 1. The molecule has 2 heterocycles. The minimum atomic E-state index is -4.65. The smallest absolute Gasteiger partial charge is 0.422 e. The summed E-state index contributed by atoms with van der Waals surface area (Å²) in [4.78, 5) is 20.2. The number of rotatable bonds is 7. The number of fused-ring (bicyclic) bond motifs is 1. The minimum absolute atomic E-state index is 0.126. The maximum absolute atomic E-state index is 14.1. The molecule has 33 heavy (non-hydrogen) atoms. The molecule has 5 nitrogen and oxygen atoms in total. The van der Waals surface area contributed by atoms with Gasteiger partial charge in [0, 0.05) is 33.9 Å². The van der Waals surface area contributed by atoms with Gasteiger partial charge in [0.25, 0.3) is 0 Å². The number of pyridine rings is 1. The fraction of sp³-hybridized carbons (Fsp3) is 0.130. The number of hydrogen-bond donors (Lipinski definition) is 1. The van der Waals surface area contributed by atoms with Crippen molar-refractivity contribution in [1.82, 2.24) is 9.97 Å². The van der Waals surface area contributed by atoms with Crippen molar-refractivity contribution in [3.05, 3.63) is 88.5 Å². The molecule has 0 aliphatic carbocycles. The van der Waals surface area contributed by atoms with E-state index < -0.39 is 30.1 Å². The first-order valence-electron chi connectivity index (χ1n) is 9.59. The number of halogens is 5. The zero-order valence-corrected chi connectivity index (χ0v) is 17.5. The van der Waals surface area contributed by atoms with Gasteiger partial charge in [-0.15, -0.1) is 0 Å². The molecule has 0 spiro atoms. The van der Waals surface area contributed by atoms with Crippen molar-refractivity contribution in [3.63, 3.8) is 0 Å². The summed E-state index contributed by atoms with van der Waals surface area (Å²) in [5.41, 5.74) is 0.638. The van der Waals surface area contributed by atoms with E-state index in [0.717, 1.165) is 6.07 Å². The van der Waals surface area contributed by atoms with Crippen molar-refractivity contribution in [1.29, 1.82) is 0 Å². The summed E-state index contributed by atoms with van der Waals surface area (Å²) in [6, 6.07) is 11.3. The Labute approximate surface area is 189 Å². The summed E-state index contributed by atoms with van der Waals surface area (Å²) in [6.07, 6.45) is -1.69. The van der Waals surface area contributed by atoms with E-state index in [1.165, 1.54) is 42.7 Å². The Kier molecular flexibility index (Phi) is 6.24. The number of ether oxygens (including phenoxy) is 2. The van der Waals surface area contributed by atoms with Crippen LogP contribution in [0.2, 0.25) is 5.02 Å². The van der Waals surface area contributed by atoms with Gasteiger partial charge in [0.15, 0.2) is 23.9 Å². The maximum atomic E-state index is 14.1. The molecule has 0 fully saturated rings. The molecule has 2 aromatic carbocycles. The average molecular weight is 479 g/mol. The van der Waals surface area contributed by atoms with E-state index in [2.05, 4.69) is 9.97 Å². The largest absolute Gasteiger partial charge is 0.485 e. The standard InChI is InChI=1S/C23H15ClF4N2O3/c24-14-7-6-13(18(25)9-14)11-32-19-5-1-3-16(21(19)33-12-23(26,27)28)20(31)17-10-30-22-15(17)4-2-8-29-22/h1-10H,11-12H2,(H,29,30). The van der Waals surface area contributed by atoms with E-state index >= 15 is 0 Å². The topological polar surface area (TPSA) is 64.2 Å². The zero-order chi connectivity index (χ0) is 23.6. The number of aromatic amines is 1. The third-order valence-electron chi connectivity index (χ3n) is 4.70. The zero-order valence-electron chi connectivity index (χ0n) is 16.7. The summed E-state index contributed by atoms with van der Waals surface area (Å²) < 4.78 is 63.3. The summed E-state index contributed by atoms with van der Waals surface area (Å²) in [5, 5.41) is 0.685. The fourth-order valence-corrected chi connectivity index (χ4v) is 3.35. The van der Waals surface area contributed by atoms with E-state index in [-0.39, 0.29) is 34.1 Å². The Hall–Kier alpha value is -3.59. The van der Waals surface area contributed by atoms with Crippen molar-refractivity contribution in [2.75, 3.05) is 6.61 Å². The monoisotopic (exact) mass is 478 g/mol. The van der Waals surface area contributed by atoms with Gasteiger partial charge in [0.05, 0.1) is 5.56 Å².